The molecule has 0 bridgehead atoms. The third-order valence-corrected chi connectivity index (χ3v) is 2.19. The maximum Gasteiger partial charge on any atom is 0.0484 e. The van der Waals surface area contributed by atoms with E-state index in [0.717, 1.165) is 19.3 Å². The van der Waals surface area contributed by atoms with Crippen molar-refractivity contribution in [3.05, 3.63) is 12.7 Å². The maximum absolute atomic E-state index is 8.98. The van der Waals surface area contributed by atoms with Gasteiger partial charge in [0.05, 0.1) is 0 Å². The number of hydrogen-bond acceptors (Lipinski definition) is 1. The highest BCUT2D eigenvalue weighted by molar-refractivity contribution is 4.76. The van der Waals surface area contributed by atoms with E-state index in [9.17, 15) is 0 Å². The Morgan fingerprint density at radius 2 is 2.20 bits per heavy atom. The molecule has 0 fully saturated rings. The first-order valence-corrected chi connectivity index (χ1v) is 3.90. The average molecular weight is 142 g/mol. The molecule has 0 spiro atoms. The average Bonchev–Trinajstić information content (AvgIpc) is 2.00. The first kappa shape index (κ1) is 9.70. The molecule has 1 N–H and O–H groups in total. The summed E-state index contributed by atoms with van der Waals surface area (Å²) in [7, 11) is 0. The lowest BCUT2D eigenvalue weighted by Crippen LogP contribution is -2.19. The zero-order valence-corrected chi connectivity index (χ0v) is 7.06. The van der Waals surface area contributed by atoms with Crippen molar-refractivity contribution in [1.29, 1.82) is 0 Å². The van der Waals surface area contributed by atoms with Gasteiger partial charge in [-0.25, -0.2) is 0 Å². The summed E-state index contributed by atoms with van der Waals surface area (Å²) in [6.45, 7) is 8.16. The van der Waals surface area contributed by atoms with Crippen LogP contribution in [-0.4, -0.2) is 11.7 Å². The standard InChI is InChI=1S/C9H18O/c1-4-6-7-9(3,5-2)8-10/h4,10H,1,5-8H2,2-3H3. The van der Waals surface area contributed by atoms with Crippen molar-refractivity contribution >= 4 is 0 Å². The van der Waals surface area contributed by atoms with Crippen LogP contribution in [0.25, 0.3) is 0 Å². The fourth-order valence-corrected chi connectivity index (χ4v) is 0.818. The smallest absolute Gasteiger partial charge is 0.0484 e. The van der Waals surface area contributed by atoms with Crippen molar-refractivity contribution in [3.8, 4) is 0 Å². The van der Waals surface area contributed by atoms with Crippen LogP contribution >= 0.6 is 0 Å². The van der Waals surface area contributed by atoms with E-state index in [1.165, 1.54) is 0 Å². The molecule has 0 saturated heterocycles. The van der Waals surface area contributed by atoms with Gasteiger partial charge in [0.15, 0.2) is 0 Å². The molecule has 0 aromatic heterocycles. The van der Waals surface area contributed by atoms with Gasteiger partial charge < -0.3 is 5.11 Å². The summed E-state index contributed by atoms with van der Waals surface area (Å²) >= 11 is 0. The highest BCUT2D eigenvalue weighted by Crippen LogP contribution is 2.26. The van der Waals surface area contributed by atoms with Crippen molar-refractivity contribution in [3.63, 3.8) is 0 Å². The number of rotatable bonds is 5. The molecule has 10 heavy (non-hydrogen) atoms. The number of aliphatic hydroxyl groups is 1. The van der Waals surface area contributed by atoms with Crippen LogP contribution in [0.4, 0.5) is 0 Å². The Bertz CT molecular complexity index is 92.9. The molecule has 0 aromatic carbocycles. The largest absolute Gasteiger partial charge is 0.396 e. The van der Waals surface area contributed by atoms with Crippen LogP contribution in [0, 0.1) is 5.41 Å². The normalized spacial score (nSPS) is 16.3. The lowest BCUT2D eigenvalue weighted by atomic mass is 9.84. The van der Waals surface area contributed by atoms with Crippen LogP contribution in [0.2, 0.25) is 0 Å². The molecule has 0 saturated carbocycles. The van der Waals surface area contributed by atoms with Crippen molar-refractivity contribution in [1.82, 2.24) is 0 Å². The first-order valence-electron chi connectivity index (χ1n) is 3.90. The summed E-state index contributed by atoms with van der Waals surface area (Å²) < 4.78 is 0. The van der Waals surface area contributed by atoms with Gasteiger partial charge in [-0.2, -0.15) is 0 Å². The van der Waals surface area contributed by atoms with Crippen molar-refractivity contribution < 1.29 is 5.11 Å². The van der Waals surface area contributed by atoms with Crippen LogP contribution in [0.1, 0.15) is 33.1 Å². The van der Waals surface area contributed by atoms with Crippen LogP contribution in [0.5, 0.6) is 0 Å². The lowest BCUT2D eigenvalue weighted by Gasteiger charge is -2.24. The summed E-state index contributed by atoms with van der Waals surface area (Å²) in [4.78, 5) is 0. The van der Waals surface area contributed by atoms with Gasteiger partial charge in [-0.3, -0.25) is 0 Å². The zero-order chi connectivity index (χ0) is 8.04. The summed E-state index contributed by atoms with van der Waals surface area (Å²) in [5, 5.41) is 8.98. The van der Waals surface area contributed by atoms with E-state index in [1.54, 1.807) is 0 Å². The van der Waals surface area contributed by atoms with E-state index in [1.807, 2.05) is 6.08 Å². The maximum atomic E-state index is 8.98. The predicted molar refractivity (Wildman–Crippen MR) is 44.9 cm³/mol. The van der Waals surface area contributed by atoms with Gasteiger partial charge in [-0.05, 0) is 24.7 Å². The Kier molecular flexibility index (Phi) is 4.37. The fourth-order valence-electron chi connectivity index (χ4n) is 0.818. The molecule has 1 nitrogen and oxygen atoms in total. The Morgan fingerprint density at radius 3 is 2.50 bits per heavy atom. The van der Waals surface area contributed by atoms with Crippen molar-refractivity contribution in [2.45, 2.75) is 33.1 Å². The molecule has 1 atom stereocenters. The van der Waals surface area contributed by atoms with Crippen LogP contribution < -0.4 is 0 Å². The highest BCUT2D eigenvalue weighted by Gasteiger charge is 2.18. The van der Waals surface area contributed by atoms with E-state index in [0.29, 0.717) is 0 Å². The molecular weight excluding hydrogens is 124 g/mol. The second-order valence-corrected chi connectivity index (χ2v) is 3.15. The van der Waals surface area contributed by atoms with E-state index < -0.39 is 0 Å². The Hall–Kier alpha value is -0.300. The molecule has 0 aliphatic heterocycles. The van der Waals surface area contributed by atoms with Crippen LogP contribution in [0.15, 0.2) is 12.7 Å². The third-order valence-electron chi connectivity index (χ3n) is 2.19. The molecule has 0 aliphatic carbocycles. The van der Waals surface area contributed by atoms with Crippen molar-refractivity contribution in [2.75, 3.05) is 6.61 Å². The van der Waals surface area contributed by atoms with Gasteiger partial charge in [-0.15, -0.1) is 6.58 Å². The zero-order valence-electron chi connectivity index (χ0n) is 7.06. The van der Waals surface area contributed by atoms with Gasteiger partial charge >= 0.3 is 0 Å². The minimum absolute atomic E-state index is 0.119. The van der Waals surface area contributed by atoms with Gasteiger partial charge in [0.1, 0.15) is 0 Å². The van der Waals surface area contributed by atoms with E-state index in [-0.39, 0.29) is 12.0 Å². The molecule has 0 rings (SSSR count). The Morgan fingerprint density at radius 1 is 1.60 bits per heavy atom. The minimum Gasteiger partial charge on any atom is -0.396 e. The molecule has 60 valence electrons. The first-order chi connectivity index (χ1) is 4.68. The van der Waals surface area contributed by atoms with Gasteiger partial charge in [0.2, 0.25) is 0 Å². The number of aliphatic hydroxyl groups excluding tert-OH is 1. The lowest BCUT2D eigenvalue weighted by molar-refractivity contribution is 0.129. The van der Waals surface area contributed by atoms with E-state index in [2.05, 4.69) is 20.4 Å². The molecule has 1 heteroatoms. The minimum atomic E-state index is 0.119. The van der Waals surface area contributed by atoms with Crippen molar-refractivity contribution in [2.24, 2.45) is 5.41 Å². The molecule has 0 amide bonds. The molecule has 0 aliphatic rings. The van der Waals surface area contributed by atoms with Gasteiger partial charge in [-0.1, -0.05) is 19.9 Å². The summed E-state index contributed by atoms with van der Waals surface area (Å²) in [6.07, 6.45) is 5.00. The monoisotopic (exact) mass is 142 g/mol. The molecule has 0 heterocycles. The van der Waals surface area contributed by atoms with Crippen LogP contribution in [-0.2, 0) is 0 Å². The number of allylic oxidation sites excluding steroid dienone is 1. The van der Waals surface area contributed by atoms with Crippen LogP contribution in [0.3, 0.4) is 0 Å². The summed E-state index contributed by atoms with van der Waals surface area (Å²) in [5.74, 6) is 0. The van der Waals surface area contributed by atoms with E-state index in [4.69, 9.17) is 5.11 Å². The summed E-state index contributed by atoms with van der Waals surface area (Å²) in [5.41, 5.74) is 0.119. The Balaban J connectivity index is 3.68. The Labute approximate surface area is 63.8 Å². The molecule has 1 unspecified atom stereocenters. The molecule has 0 radical (unpaired) electrons. The fraction of sp³-hybridized carbons (Fsp3) is 0.778. The SMILES string of the molecule is C=CCCC(C)(CC)CO. The topological polar surface area (TPSA) is 20.2 Å². The highest BCUT2D eigenvalue weighted by atomic mass is 16.3. The second-order valence-electron chi connectivity index (χ2n) is 3.15. The molecule has 0 aromatic rings. The second kappa shape index (κ2) is 4.51. The quantitative estimate of drug-likeness (QED) is 0.584. The molecular formula is C9H18O. The van der Waals surface area contributed by atoms with E-state index >= 15 is 0 Å². The number of hydrogen-bond donors (Lipinski definition) is 1. The third kappa shape index (κ3) is 3.02. The predicted octanol–water partition coefficient (Wildman–Crippen LogP) is 2.36. The summed E-state index contributed by atoms with van der Waals surface area (Å²) in [6, 6.07) is 0. The van der Waals surface area contributed by atoms with Gasteiger partial charge in [0.25, 0.3) is 0 Å². The van der Waals surface area contributed by atoms with Gasteiger partial charge in [0, 0.05) is 6.61 Å².